The predicted molar refractivity (Wildman–Crippen MR) is 78.1 cm³/mol. The van der Waals surface area contributed by atoms with E-state index in [0.29, 0.717) is 13.0 Å². The Bertz CT molecular complexity index is 686. The number of fused-ring (bicyclic) bond motifs is 1. The van der Waals surface area contributed by atoms with Crippen molar-refractivity contribution in [2.75, 3.05) is 6.54 Å². The van der Waals surface area contributed by atoms with E-state index in [1.54, 1.807) is 6.07 Å². The number of hydrogen-bond acceptors (Lipinski definition) is 2. The Balaban J connectivity index is 2.22. The third kappa shape index (κ3) is 2.52. The number of hydrogen-bond donors (Lipinski definition) is 1. The van der Waals surface area contributed by atoms with Crippen LogP contribution >= 0.6 is 0 Å². The number of nitrogens with zero attached hydrogens (tertiary/aromatic N) is 2. The van der Waals surface area contributed by atoms with Gasteiger partial charge >= 0.3 is 6.18 Å². The number of halogens is 3. The third-order valence-corrected chi connectivity index (χ3v) is 3.95. The van der Waals surface area contributed by atoms with Crippen molar-refractivity contribution in [3.05, 3.63) is 46.8 Å². The van der Waals surface area contributed by atoms with E-state index in [1.807, 2.05) is 13.8 Å². The maximum atomic E-state index is 13.3. The molecule has 1 aromatic carbocycles. The highest BCUT2D eigenvalue weighted by Crippen LogP contribution is 2.35. The van der Waals surface area contributed by atoms with Crippen LogP contribution < -0.4 is 5.32 Å². The molecule has 2 aromatic rings. The average molecular weight is 309 g/mol. The lowest BCUT2D eigenvalue weighted by Crippen LogP contribution is -2.25. The fourth-order valence-corrected chi connectivity index (χ4v) is 2.93. The summed E-state index contributed by atoms with van der Waals surface area (Å²) in [4.78, 5) is 0. The van der Waals surface area contributed by atoms with Gasteiger partial charge in [0.25, 0.3) is 0 Å². The SMILES string of the molecule is CC(C)c1nn(-c2ccccc2C(F)(F)F)c2c1CNCC2. The van der Waals surface area contributed by atoms with Crippen molar-refractivity contribution >= 4 is 0 Å². The van der Waals surface area contributed by atoms with Crippen LogP contribution in [0, 0.1) is 0 Å². The Morgan fingerprint density at radius 2 is 1.95 bits per heavy atom. The van der Waals surface area contributed by atoms with Gasteiger partial charge in [-0.25, -0.2) is 4.68 Å². The highest BCUT2D eigenvalue weighted by atomic mass is 19.4. The molecular formula is C16H18F3N3. The average Bonchev–Trinajstić information content (AvgIpc) is 2.86. The summed E-state index contributed by atoms with van der Waals surface area (Å²) in [6.45, 7) is 5.44. The van der Waals surface area contributed by atoms with Crippen LogP contribution in [0.5, 0.6) is 0 Å². The highest BCUT2D eigenvalue weighted by Gasteiger charge is 2.35. The quantitative estimate of drug-likeness (QED) is 0.917. The molecule has 0 bridgehead atoms. The molecule has 0 saturated heterocycles. The predicted octanol–water partition coefficient (Wildman–Crippen LogP) is 3.66. The first-order valence-electron chi connectivity index (χ1n) is 7.37. The van der Waals surface area contributed by atoms with Crippen LogP contribution in [0.2, 0.25) is 0 Å². The summed E-state index contributed by atoms with van der Waals surface area (Å²) in [5, 5.41) is 7.78. The first-order chi connectivity index (χ1) is 10.4. The summed E-state index contributed by atoms with van der Waals surface area (Å²) in [6.07, 6.45) is -3.71. The lowest BCUT2D eigenvalue weighted by molar-refractivity contribution is -0.137. The van der Waals surface area contributed by atoms with Gasteiger partial charge in [-0.1, -0.05) is 26.0 Å². The van der Waals surface area contributed by atoms with Crippen molar-refractivity contribution in [1.29, 1.82) is 0 Å². The van der Waals surface area contributed by atoms with Gasteiger partial charge in [0.05, 0.1) is 22.6 Å². The number of rotatable bonds is 2. The molecule has 0 atom stereocenters. The van der Waals surface area contributed by atoms with Crippen molar-refractivity contribution < 1.29 is 13.2 Å². The fraction of sp³-hybridized carbons (Fsp3) is 0.438. The minimum absolute atomic E-state index is 0.111. The lowest BCUT2D eigenvalue weighted by Gasteiger charge is -2.18. The summed E-state index contributed by atoms with van der Waals surface area (Å²) < 4.78 is 41.3. The standard InChI is InChI=1S/C16H18F3N3/c1-10(2)15-11-9-20-8-7-13(11)22(21-15)14-6-4-3-5-12(14)16(17,18)19/h3-6,10,20H,7-9H2,1-2H3. The van der Waals surface area contributed by atoms with Gasteiger partial charge in [0.1, 0.15) is 0 Å². The second-order valence-electron chi connectivity index (χ2n) is 5.82. The number of para-hydroxylation sites is 1. The summed E-state index contributed by atoms with van der Waals surface area (Å²) in [6, 6.07) is 5.63. The van der Waals surface area contributed by atoms with E-state index in [1.165, 1.54) is 16.8 Å². The molecule has 1 aromatic heterocycles. The van der Waals surface area contributed by atoms with E-state index in [-0.39, 0.29) is 11.6 Å². The van der Waals surface area contributed by atoms with Gasteiger partial charge in [0.15, 0.2) is 0 Å². The van der Waals surface area contributed by atoms with Crippen molar-refractivity contribution in [3.63, 3.8) is 0 Å². The molecule has 1 aliphatic rings. The molecule has 1 N–H and O–H groups in total. The first kappa shape index (κ1) is 15.1. The minimum atomic E-state index is -4.39. The largest absolute Gasteiger partial charge is 0.418 e. The summed E-state index contributed by atoms with van der Waals surface area (Å²) >= 11 is 0. The van der Waals surface area contributed by atoms with Gasteiger partial charge in [-0.05, 0) is 18.1 Å². The monoisotopic (exact) mass is 309 g/mol. The van der Waals surface area contributed by atoms with Crippen LogP contribution in [0.15, 0.2) is 24.3 Å². The van der Waals surface area contributed by atoms with E-state index in [9.17, 15) is 13.2 Å². The van der Waals surface area contributed by atoms with Crippen LogP contribution in [0.3, 0.4) is 0 Å². The number of aromatic nitrogens is 2. The molecule has 0 amide bonds. The van der Waals surface area contributed by atoms with E-state index in [2.05, 4.69) is 10.4 Å². The van der Waals surface area contributed by atoms with E-state index < -0.39 is 11.7 Å². The number of benzene rings is 1. The maximum absolute atomic E-state index is 13.3. The minimum Gasteiger partial charge on any atom is -0.312 e. The molecule has 0 spiro atoms. The van der Waals surface area contributed by atoms with Crippen LogP contribution in [-0.4, -0.2) is 16.3 Å². The topological polar surface area (TPSA) is 29.9 Å². The van der Waals surface area contributed by atoms with Crippen LogP contribution in [0.25, 0.3) is 5.69 Å². The molecule has 22 heavy (non-hydrogen) atoms. The Labute approximate surface area is 127 Å². The van der Waals surface area contributed by atoms with Gasteiger partial charge in [-0.15, -0.1) is 0 Å². The molecular weight excluding hydrogens is 291 g/mol. The van der Waals surface area contributed by atoms with E-state index in [0.717, 1.165) is 29.6 Å². The number of nitrogens with one attached hydrogen (secondary N) is 1. The van der Waals surface area contributed by atoms with Gasteiger partial charge in [-0.2, -0.15) is 18.3 Å². The van der Waals surface area contributed by atoms with Crippen molar-refractivity contribution in [1.82, 2.24) is 15.1 Å². The summed E-state index contributed by atoms with van der Waals surface area (Å²) in [5.41, 5.74) is 2.27. The van der Waals surface area contributed by atoms with E-state index in [4.69, 9.17) is 0 Å². The number of alkyl halides is 3. The van der Waals surface area contributed by atoms with Gasteiger partial charge in [0, 0.05) is 25.1 Å². The molecule has 0 fully saturated rings. The van der Waals surface area contributed by atoms with Crippen LogP contribution in [0.4, 0.5) is 13.2 Å². The van der Waals surface area contributed by atoms with Gasteiger partial charge in [-0.3, -0.25) is 0 Å². The molecule has 2 heterocycles. The van der Waals surface area contributed by atoms with E-state index >= 15 is 0 Å². The van der Waals surface area contributed by atoms with Crippen LogP contribution in [0.1, 0.15) is 42.3 Å². The van der Waals surface area contributed by atoms with Crippen LogP contribution in [-0.2, 0) is 19.1 Å². The maximum Gasteiger partial charge on any atom is 0.418 e. The van der Waals surface area contributed by atoms with Crippen molar-refractivity contribution in [2.45, 2.75) is 38.9 Å². The molecule has 3 nitrogen and oxygen atoms in total. The molecule has 0 unspecified atom stereocenters. The van der Waals surface area contributed by atoms with Gasteiger partial charge < -0.3 is 5.32 Å². The van der Waals surface area contributed by atoms with Crippen molar-refractivity contribution in [3.8, 4) is 5.69 Å². The lowest BCUT2D eigenvalue weighted by atomic mass is 10.0. The molecule has 0 saturated carbocycles. The zero-order chi connectivity index (χ0) is 15.9. The fourth-order valence-electron chi connectivity index (χ4n) is 2.93. The molecule has 0 aliphatic carbocycles. The Hall–Kier alpha value is -1.82. The molecule has 0 radical (unpaired) electrons. The molecule has 118 valence electrons. The van der Waals surface area contributed by atoms with Crippen molar-refractivity contribution in [2.24, 2.45) is 0 Å². The van der Waals surface area contributed by atoms with Gasteiger partial charge in [0.2, 0.25) is 0 Å². The second kappa shape index (κ2) is 5.43. The summed E-state index contributed by atoms with van der Waals surface area (Å²) in [7, 11) is 0. The third-order valence-electron chi connectivity index (χ3n) is 3.95. The molecule has 6 heteroatoms. The highest BCUT2D eigenvalue weighted by molar-refractivity contribution is 5.46. The summed E-state index contributed by atoms with van der Waals surface area (Å²) in [5.74, 6) is 0.174. The Kier molecular flexibility index (Phi) is 3.72. The smallest absolute Gasteiger partial charge is 0.312 e. The molecule has 3 rings (SSSR count). The first-order valence-corrected chi connectivity index (χ1v) is 7.37. The zero-order valence-electron chi connectivity index (χ0n) is 12.5. The Morgan fingerprint density at radius 1 is 1.23 bits per heavy atom. The Morgan fingerprint density at radius 3 is 2.64 bits per heavy atom. The normalized spacial score (nSPS) is 15.2. The molecule has 1 aliphatic heterocycles. The zero-order valence-corrected chi connectivity index (χ0v) is 12.5. The second-order valence-corrected chi connectivity index (χ2v) is 5.82.